The Bertz CT molecular complexity index is 1350. The van der Waals surface area contributed by atoms with Gasteiger partial charge in [0.15, 0.2) is 0 Å². The fourth-order valence-electron chi connectivity index (χ4n) is 3.68. The first-order valence-corrected chi connectivity index (χ1v) is 11.1. The van der Waals surface area contributed by atoms with Crippen LogP contribution >= 0.6 is 11.3 Å². The minimum Gasteiger partial charge on any atom is -0.496 e. The molecule has 0 atom stereocenters. The fourth-order valence-corrected chi connectivity index (χ4v) is 4.90. The lowest BCUT2D eigenvalue weighted by Crippen LogP contribution is -2.36. The smallest absolute Gasteiger partial charge is 0.236 e. The minimum absolute atomic E-state index is 0.112. The number of hydrogen-bond acceptors (Lipinski definition) is 7. The van der Waals surface area contributed by atoms with Crippen molar-refractivity contribution < 1.29 is 13.9 Å². The van der Waals surface area contributed by atoms with Crippen LogP contribution in [0.25, 0.3) is 21.0 Å². The van der Waals surface area contributed by atoms with E-state index in [4.69, 9.17) is 14.3 Å². The fraction of sp³-hybridized carbons (Fsp3) is 0.333. The molecule has 0 N–H and O–H groups in total. The van der Waals surface area contributed by atoms with Crippen LogP contribution in [0.2, 0.25) is 0 Å². The summed E-state index contributed by atoms with van der Waals surface area (Å²) in [5, 5.41) is 5.26. The Morgan fingerprint density at radius 3 is 2.69 bits per heavy atom. The van der Waals surface area contributed by atoms with Gasteiger partial charge < -0.3 is 9.15 Å². The van der Waals surface area contributed by atoms with E-state index in [1.54, 1.807) is 27.2 Å². The number of fused-ring (bicyclic) bond motifs is 1. The third-order valence-corrected chi connectivity index (χ3v) is 7.20. The van der Waals surface area contributed by atoms with Crippen LogP contribution in [0, 0.1) is 6.92 Å². The highest BCUT2D eigenvalue weighted by Crippen LogP contribution is 2.37. The Kier molecular flexibility index (Phi) is 5.73. The topological polar surface area (TPSA) is 87.2 Å². The second kappa shape index (κ2) is 8.35. The summed E-state index contributed by atoms with van der Waals surface area (Å²) < 4.78 is 12.8. The van der Waals surface area contributed by atoms with Gasteiger partial charge >= 0.3 is 0 Å². The Morgan fingerprint density at radius 2 is 2.03 bits per heavy atom. The monoisotopic (exact) mass is 451 g/mol. The van der Waals surface area contributed by atoms with Crippen LogP contribution < -0.4 is 10.2 Å². The molecule has 0 amide bonds. The van der Waals surface area contributed by atoms with Crippen molar-refractivity contribution in [2.75, 3.05) is 7.11 Å². The van der Waals surface area contributed by atoms with E-state index in [9.17, 15) is 9.59 Å². The van der Waals surface area contributed by atoms with E-state index >= 15 is 0 Å². The largest absolute Gasteiger partial charge is 0.496 e. The average Bonchev–Trinajstić information content (AvgIpc) is 3.41. The van der Waals surface area contributed by atoms with Gasteiger partial charge in [0.1, 0.15) is 28.3 Å². The predicted molar refractivity (Wildman–Crippen MR) is 125 cm³/mol. The molecule has 7 nitrogen and oxygen atoms in total. The van der Waals surface area contributed by atoms with Crippen molar-refractivity contribution in [3.8, 4) is 16.5 Å². The van der Waals surface area contributed by atoms with E-state index in [1.165, 1.54) is 24.5 Å². The summed E-state index contributed by atoms with van der Waals surface area (Å²) >= 11 is 1.42. The number of ketones is 1. The molecule has 32 heavy (non-hydrogen) atoms. The van der Waals surface area contributed by atoms with Gasteiger partial charge in [0.05, 0.1) is 29.0 Å². The van der Waals surface area contributed by atoms with Gasteiger partial charge in [-0.1, -0.05) is 18.2 Å². The molecule has 4 aromatic rings. The lowest BCUT2D eigenvalue weighted by Gasteiger charge is -2.21. The van der Waals surface area contributed by atoms with Gasteiger partial charge in [-0.15, -0.1) is 11.3 Å². The Labute approximate surface area is 189 Å². The molecular formula is C24H25N3O4S. The van der Waals surface area contributed by atoms with Gasteiger partial charge in [-0.25, -0.2) is 4.98 Å². The molecule has 3 heterocycles. The maximum atomic E-state index is 13.5. The molecular weight excluding hydrogens is 426 g/mol. The Hall–Kier alpha value is -3.26. The number of hydrogen-bond donors (Lipinski definition) is 0. The van der Waals surface area contributed by atoms with Crippen LogP contribution in [0.3, 0.4) is 0 Å². The highest BCUT2D eigenvalue weighted by molar-refractivity contribution is 7.22. The van der Waals surface area contributed by atoms with Crippen LogP contribution in [0.15, 0.2) is 45.9 Å². The number of Topliss-reactive ketones (excluding diaryl/α,β-unsaturated/α-hetero) is 1. The number of aryl methyl sites for hydroxylation is 3. The van der Waals surface area contributed by atoms with Crippen molar-refractivity contribution >= 4 is 27.3 Å². The molecule has 8 heteroatoms. The third-order valence-electron chi connectivity index (χ3n) is 5.91. The molecule has 1 aromatic carbocycles. The summed E-state index contributed by atoms with van der Waals surface area (Å²) in [5.41, 5.74) is 0.843. The molecule has 166 valence electrons. The Morgan fingerprint density at radius 1 is 1.28 bits per heavy atom. The van der Waals surface area contributed by atoms with Crippen LogP contribution in [0.1, 0.15) is 37.6 Å². The quantitative estimate of drug-likeness (QED) is 0.410. The van der Waals surface area contributed by atoms with Gasteiger partial charge in [0.2, 0.25) is 11.3 Å². The average molecular weight is 452 g/mol. The first-order valence-electron chi connectivity index (χ1n) is 10.3. The van der Waals surface area contributed by atoms with E-state index in [2.05, 4.69) is 4.98 Å². The second-order valence-electron chi connectivity index (χ2n) is 8.22. The zero-order chi connectivity index (χ0) is 23.0. The van der Waals surface area contributed by atoms with E-state index in [1.807, 2.05) is 35.9 Å². The highest BCUT2D eigenvalue weighted by atomic mass is 32.1. The van der Waals surface area contributed by atoms with Crippen LogP contribution in [0.4, 0.5) is 0 Å². The standard InChI is InChI=1S/C24H25N3O4S/c1-14-18-19(29)21(24(3,4)15(2)28)26-27(12-10-16-8-6-7-9-17(16)30-5)23(18)32-20(14)22-25-11-13-31-22/h6-9,11,13H,10,12H2,1-5H3. The van der Waals surface area contributed by atoms with E-state index in [0.717, 1.165) is 26.6 Å². The van der Waals surface area contributed by atoms with Crippen LogP contribution in [-0.4, -0.2) is 27.7 Å². The molecule has 0 unspecified atom stereocenters. The minimum atomic E-state index is -1.01. The predicted octanol–water partition coefficient (Wildman–Crippen LogP) is 4.54. The number of oxazole rings is 1. The van der Waals surface area contributed by atoms with Crippen molar-refractivity contribution in [3.05, 3.63) is 63.8 Å². The molecule has 0 spiro atoms. The number of thiophene rings is 1. The summed E-state index contributed by atoms with van der Waals surface area (Å²) in [5.74, 6) is 1.15. The van der Waals surface area contributed by atoms with Crippen LogP contribution in [0.5, 0.6) is 5.75 Å². The third kappa shape index (κ3) is 3.64. The molecule has 0 aliphatic carbocycles. The summed E-state index contributed by atoms with van der Waals surface area (Å²) in [6.07, 6.45) is 3.74. The van der Waals surface area contributed by atoms with E-state index < -0.39 is 5.41 Å². The van der Waals surface area contributed by atoms with Crippen molar-refractivity contribution in [3.63, 3.8) is 0 Å². The van der Waals surface area contributed by atoms with Crippen molar-refractivity contribution in [2.45, 2.75) is 46.1 Å². The van der Waals surface area contributed by atoms with E-state index in [0.29, 0.717) is 24.2 Å². The van der Waals surface area contributed by atoms with Gasteiger partial charge in [-0.2, -0.15) is 5.10 Å². The number of carbonyl (C=O) groups excluding carboxylic acids is 1. The number of ether oxygens (including phenoxy) is 1. The Balaban J connectivity index is 1.92. The maximum absolute atomic E-state index is 13.5. The summed E-state index contributed by atoms with van der Waals surface area (Å²) in [7, 11) is 1.65. The zero-order valence-corrected chi connectivity index (χ0v) is 19.6. The molecule has 0 aliphatic heterocycles. The number of methoxy groups -OCH3 is 1. The van der Waals surface area contributed by atoms with Crippen molar-refractivity contribution in [1.82, 2.24) is 14.8 Å². The normalized spacial score (nSPS) is 11.8. The van der Waals surface area contributed by atoms with Gasteiger partial charge in [0.25, 0.3) is 0 Å². The molecule has 0 fully saturated rings. The lowest BCUT2D eigenvalue weighted by atomic mass is 9.84. The molecule has 3 aromatic heterocycles. The number of benzene rings is 1. The maximum Gasteiger partial charge on any atom is 0.236 e. The molecule has 4 rings (SSSR count). The first kappa shape index (κ1) is 22.0. The second-order valence-corrected chi connectivity index (χ2v) is 9.22. The summed E-state index contributed by atoms with van der Waals surface area (Å²) in [6, 6.07) is 7.82. The highest BCUT2D eigenvalue weighted by Gasteiger charge is 2.33. The number of rotatable bonds is 7. The number of nitrogens with zero attached hydrogens (tertiary/aromatic N) is 3. The molecule has 0 bridgehead atoms. The SMILES string of the molecule is COc1ccccc1CCn1nc(C(C)(C)C(C)=O)c(=O)c2c(C)c(-c3ncco3)sc21. The van der Waals surface area contributed by atoms with Gasteiger partial charge in [0, 0.05) is 6.54 Å². The van der Waals surface area contributed by atoms with Gasteiger partial charge in [-0.3, -0.25) is 14.3 Å². The van der Waals surface area contributed by atoms with Crippen LogP contribution in [-0.2, 0) is 23.2 Å². The number of para-hydroxylation sites is 1. The summed E-state index contributed by atoms with van der Waals surface area (Å²) in [6.45, 7) is 7.37. The number of carbonyl (C=O) groups is 1. The first-order chi connectivity index (χ1) is 15.3. The molecule has 0 saturated heterocycles. The van der Waals surface area contributed by atoms with Crippen molar-refractivity contribution in [1.29, 1.82) is 0 Å². The molecule has 0 aliphatic rings. The zero-order valence-electron chi connectivity index (χ0n) is 18.8. The number of aromatic nitrogens is 3. The molecule has 0 radical (unpaired) electrons. The van der Waals surface area contributed by atoms with Gasteiger partial charge in [-0.05, 0) is 51.3 Å². The van der Waals surface area contributed by atoms with Crippen molar-refractivity contribution in [2.24, 2.45) is 0 Å². The lowest BCUT2D eigenvalue weighted by molar-refractivity contribution is -0.121. The van der Waals surface area contributed by atoms with E-state index in [-0.39, 0.29) is 16.9 Å². The molecule has 0 saturated carbocycles. The summed E-state index contributed by atoms with van der Waals surface area (Å²) in [4.78, 5) is 31.7.